The Kier molecular flexibility index (Phi) is 5.44. The van der Waals surface area contributed by atoms with E-state index in [2.05, 4.69) is 32.9 Å². The molecule has 144 valence electrons. The average Bonchev–Trinajstić information content (AvgIpc) is 2.71. The van der Waals surface area contributed by atoms with Crippen LogP contribution in [0, 0.1) is 3.57 Å². The van der Waals surface area contributed by atoms with Crippen LogP contribution in [0.4, 0.5) is 0 Å². The molecule has 1 atom stereocenters. The largest absolute Gasteiger partial charge is 0.368 e. The molecule has 0 saturated heterocycles. The highest BCUT2D eigenvalue weighted by Gasteiger charge is 2.22. The summed E-state index contributed by atoms with van der Waals surface area (Å²) in [4.78, 5) is 30.0. The summed E-state index contributed by atoms with van der Waals surface area (Å²) < 4.78 is 1.06. The van der Waals surface area contributed by atoms with Gasteiger partial charge in [-0.2, -0.15) is 0 Å². The van der Waals surface area contributed by atoms with Gasteiger partial charge in [-0.05, 0) is 52.4 Å². The summed E-state index contributed by atoms with van der Waals surface area (Å²) in [5.74, 6) is -0.908. The predicted molar refractivity (Wildman–Crippen MR) is 123 cm³/mol. The van der Waals surface area contributed by atoms with E-state index in [4.69, 9.17) is 5.73 Å². The number of pyridine rings is 1. The van der Waals surface area contributed by atoms with E-state index >= 15 is 0 Å². The van der Waals surface area contributed by atoms with Crippen LogP contribution in [0.5, 0.6) is 0 Å². The number of nitrogens with two attached hydrogens (primary N) is 1. The fourth-order valence-electron chi connectivity index (χ4n) is 3.44. The summed E-state index contributed by atoms with van der Waals surface area (Å²) in [6, 6.07) is 21.9. The number of para-hydroxylation sites is 2. The highest BCUT2D eigenvalue weighted by atomic mass is 127. The molecule has 0 aliphatic rings. The Morgan fingerprint density at radius 3 is 2.14 bits per heavy atom. The molecule has 2 amide bonds. The van der Waals surface area contributed by atoms with Gasteiger partial charge >= 0.3 is 0 Å². The Balaban J connectivity index is 1.74. The van der Waals surface area contributed by atoms with Crippen LogP contribution < -0.4 is 11.1 Å². The van der Waals surface area contributed by atoms with Crippen LogP contribution in [0.3, 0.4) is 0 Å². The van der Waals surface area contributed by atoms with Crippen molar-refractivity contribution in [3.8, 4) is 0 Å². The number of hydrogen-bond donors (Lipinski definition) is 2. The molecule has 1 aromatic heterocycles. The number of carbonyl (C=O) groups excluding carboxylic acids is 2. The number of hydrogen-bond acceptors (Lipinski definition) is 3. The molecule has 0 fully saturated rings. The molecule has 5 nitrogen and oxygen atoms in total. The quantitative estimate of drug-likeness (QED) is 0.326. The van der Waals surface area contributed by atoms with Crippen LogP contribution in [0.1, 0.15) is 15.9 Å². The summed E-state index contributed by atoms with van der Waals surface area (Å²) in [6.07, 6.45) is 0.332. The van der Waals surface area contributed by atoms with Gasteiger partial charge in [-0.1, -0.05) is 48.5 Å². The summed E-state index contributed by atoms with van der Waals surface area (Å²) in [5, 5.41) is 4.32. The summed E-state index contributed by atoms with van der Waals surface area (Å²) >= 11 is 2.21. The Hall–Kier alpha value is -3.00. The molecule has 29 heavy (non-hydrogen) atoms. The van der Waals surface area contributed by atoms with Gasteiger partial charge in [0.25, 0.3) is 5.91 Å². The molecule has 1 heterocycles. The van der Waals surface area contributed by atoms with Gasteiger partial charge in [0.1, 0.15) is 6.04 Å². The second-order valence-corrected chi connectivity index (χ2v) is 8.03. The number of primary amides is 1. The zero-order chi connectivity index (χ0) is 20.4. The van der Waals surface area contributed by atoms with Crippen molar-refractivity contribution in [2.75, 3.05) is 0 Å². The van der Waals surface area contributed by atoms with E-state index < -0.39 is 11.9 Å². The van der Waals surface area contributed by atoms with Crippen molar-refractivity contribution in [2.45, 2.75) is 12.5 Å². The lowest BCUT2D eigenvalue weighted by Gasteiger charge is -2.17. The first-order valence-corrected chi connectivity index (χ1v) is 10.2. The van der Waals surface area contributed by atoms with Gasteiger partial charge in [0.2, 0.25) is 5.91 Å². The third-order valence-corrected chi connectivity index (χ3v) is 5.46. The lowest BCUT2D eigenvalue weighted by molar-refractivity contribution is -0.119. The first-order valence-electron chi connectivity index (χ1n) is 9.15. The minimum absolute atomic E-state index is 0.332. The van der Waals surface area contributed by atoms with Crippen LogP contribution in [0.15, 0.2) is 72.8 Å². The van der Waals surface area contributed by atoms with Gasteiger partial charge < -0.3 is 11.1 Å². The fraction of sp³-hybridized carbons (Fsp3) is 0.0870. The number of rotatable bonds is 5. The number of aromatic nitrogens is 1. The zero-order valence-corrected chi connectivity index (χ0v) is 17.6. The first kappa shape index (κ1) is 19.3. The van der Waals surface area contributed by atoms with Gasteiger partial charge in [0, 0.05) is 20.8 Å². The van der Waals surface area contributed by atoms with E-state index in [1.54, 1.807) is 0 Å². The molecule has 0 aliphatic carbocycles. The maximum atomic E-state index is 13.3. The molecule has 0 spiro atoms. The van der Waals surface area contributed by atoms with E-state index in [9.17, 15) is 9.59 Å². The number of halogens is 1. The van der Waals surface area contributed by atoms with Crippen LogP contribution >= 0.6 is 22.6 Å². The van der Waals surface area contributed by atoms with Crippen molar-refractivity contribution in [1.29, 1.82) is 0 Å². The molecule has 0 saturated carbocycles. The van der Waals surface area contributed by atoms with Crippen molar-refractivity contribution in [3.63, 3.8) is 0 Å². The molecule has 4 aromatic rings. The maximum Gasteiger partial charge on any atom is 0.253 e. The lowest BCUT2D eigenvalue weighted by Crippen LogP contribution is -2.46. The topological polar surface area (TPSA) is 85.1 Å². The van der Waals surface area contributed by atoms with E-state index in [0.717, 1.165) is 30.9 Å². The summed E-state index contributed by atoms with van der Waals surface area (Å²) in [5.41, 5.74) is 8.50. The van der Waals surface area contributed by atoms with Gasteiger partial charge in [-0.25, -0.2) is 4.98 Å². The van der Waals surface area contributed by atoms with Crippen molar-refractivity contribution in [1.82, 2.24) is 10.3 Å². The molecular formula is C23H18IN3O2. The molecule has 0 unspecified atom stereocenters. The third-order valence-electron chi connectivity index (χ3n) is 4.79. The number of benzene rings is 3. The van der Waals surface area contributed by atoms with Gasteiger partial charge in [0.15, 0.2) is 0 Å². The molecule has 3 N–H and O–H groups in total. The lowest BCUT2D eigenvalue weighted by atomic mass is 10.0. The number of amides is 2. The van der Waals surface area contributed by atoms with Crippen molar-refractivity contribution >= 4 is 56.2 Å². The van der Waals surface area contributed by atoms with Crippen LogP contribution in [0.25, 0.3) is 21.8 Å². The van der Waals surface area contributed by atoms with Crippen molar-refractivity contribution in [2.24, 2.45) is 5.73 Å². The van der Waals surface area contributed by atoms with E-state index in [-0.39, 0.29) is 5.91 Å². The Labute approximate surface area is 181 Å². The standard InChI is InChI=1S/C23H18IN3O2/c24-15-7-5-6-14(12-15)13-20(22(25)28)27-23(29)21-16-8-1-3-10-18(16)26-19-11-4-2-9-17(19)21/h1-12,20H,13H2,(H2,25,28)(H,27,29)/t20-/m0/s1. The fourth-order valence-corrected chi connectivity index (χ4v) is 4.04. The maximum absolute atomic E-state index is 13.3. The van der Waals surface area contributed by atoms with Gasteiger partial charge in [-0.15, -0.1) is 0 Å². The highest BCUT2D eigenvalue weighted by molar-refractivity contribution is 14.1. The minimum atomic E-state index is -0.814. The molecule has 3 aromatic carbocycles. The molecule has 0 aliphatic heterocycles. The monoisotopic (exact) mass is 495 g/mol. The normalized spacial score (nSPS) is 12.0. The van der Waals surface area contributed by atoms with Gasteiger partial charge in [-0.3, -0.25) is 9.59 Å². The smallest absolute Gasteiger partial charge is 0.253 e. The van der Waals surface area contributed by atoms with Gasteiger partial charge in [0.05, 0.1) is 16.6 Å². The Morgan fingerprint density at radius 1 is 0.931 bits per heavy atom. The van der Waals surface area contributed by atoms with Crippen LogP contribution in [0.2, 0.25) is 0 Å². The van der Waals surface area contributed by atoms with Crippen LogP contribution in [-0.2, 0) is 11.2 Å². The van der Waals surface area contributed by atoms with E-state index in [0.29, 0.717) is 12.0 Å². The number of nitrogens with one attached hydrogen (secondary N) is 1. The molecule has 6 heteroatoms. The third kappa shape index (κ3) is 4.07. The molecule has 4 rings (SSSR count). The average molecular weight is 495 g/mol. The second kappa shape index (κ2) is 8.16. The van der Waals surface area contributed by atoms with E-state index in [1.807, 2.05) is 72.8 Å². The second-order valence-electron chi connectivity index (χ2n) is 6.78. The Morgan fingerprint density at radius 2 is 1.55 bits per heavy atom. The van der Waals surface area contributed by atoms with Crippen molar-refractivity contribution in [3.05, 3.63) is 87.5 Å². The zero-order valence-electron chi connectivity index (χ0n) is 15.4. The molecule has 0 radical (unpaired) electrons. The van der Waals surface area contributed by atoms with E-state index in [1.165, 1.54) is 0 Å². The summed E-state index contributed by atoms with van der Waals surface area (Å²) in [7, 11) is 0. The SMILES string of the molecule is NC(=O)[C@H](Cc1cccc(I)c1)NC(=O)c1c2ccccc2nc2ccccc12. The molecule has 0 bridgehead atoms. The number of nitrogens with zero attached hydrogens (tertiary/aromatic N) is 1. The Bertz CT molecular complexity index is 1190. The van der Waals surface area contributed by atoms with Crippen molar-refractivity contribution < 1.29 is 9.59 Å². The minimum Gasteiger partial charge on any atom is -0.368 e. The first-order chi connectivity index (χ1) is 14.0. The predicted octanol–water partition coefficient (Wildman–Crippen LogP) is 3.82. The number of carbonyl (C=O) groups is 2. The highest BCUT2D eigenvalue weighted by Crippen LogP contribution is 2.26. The summed E-state index contributed by atoms with van der Waals surface area (Å²) in [6.45, 7) is 0. The molecular weight excluding hydrogens is 477 g/mol. The van der Waals surface area contributed by atoms with Crippen LogP contribution in [-0.4, -0.2) is 22.8 Å². The number of fused-ring (bicyclic) bond motifs is 2.